The summed E-state index contributed by atoms with van der Waals surface area (Å²) in [6.45, 7) is 4.18. The first kappa shape index (κ1) is 16.8. The smallest absolute Gasteiger partial charge is 0.264 e. The van der Waals surface area contributed by atoms with Crippen molar-refractivity contribution in [3.05, 3.63) is 59.9 Å². The van der Waals surface area contributed by atoms with Crippen LogP contribution >= 0.6 is 11.3 Å². The van der Waals surface area contributed by atoms with Crippen LogP contribution in [0.3, 0.4) is 0 Å². The van der Waals surface area contributed by atoms with Crippen LogP contribution in [0.1, 0.15) is 17.1 Å². The maximum Gasteiger partial charge on any atom is 0.264 e. The molecule has 8 heteroatoms. The molecular weight excluding hydrogens is 374 g/mol. The zero-order valence-electron chi connectivity index (χ0n) is 15.2. The standard InChI is InChI=1S/C20H15N5O2S/c1-11-8-12(2)23-20-15(11)16-17(28-20)19(22-10-21-16)26-9-14-24-18(25-27-14)13-6-4-3-5-7-13/h3-8,10H,9H2,1-2H3. The number of ether oxygens (including phenoxy) is 1. The minimum absolute atomic E-state index is 0.131. The Labute approximate surface area is 164 Å². The van der Waals surface area contributed by atoms with Gasteiger partial charge < -0.3 is 9.26 Å². The molecule has 0 aliphatic heterocycles. The molecule has 0 atom stereocenters. The normalized spacial score (nSPS) is 11.4. The van der Waals surface area contributed by atoms with Crippen molar-refractivity contribution in [1.82, 2.24) is 25.1 Å². The molecule has 0 saturated heterocycles. The summed E-state index contributed by atoms with van der Waals surface area (Å²) in [4.78, 5) is 18.7. The fourth-order valence-corrected chi connectivity index (χ4v) is 4.33. The van der Waals surface area contributed by atoms with Gasteiger partial charge in [0, 0.05) is 16.6 Å². The van der Waals surface area contributed by atoms with Crippen LogP contribution in [0.15, 0.2) is 47.2 Å². The van der Waals surface area contributed by atoms with E-state index in [2.05, 4.69) is 38.1 Å². The van der Waals surface area contributed by atoms with Gasteiger partial charge in [0.05, 0.1) is 5.52 Å². The first-order valence-corrected chi connectivity index (χ1v) is 9.53. The number of pyridine rings is 1. The van der Waals surface area contributed by atoms with E-state index >= 15 is 0 Å². The van der Waals surface area contributed by atoms with Crippen molar-refractivity contribution >= 4 is 31.8 Å². The number of benzene rings is 1. The number of aromatic nitrogens is 5. The molecule has 0 unspecified atom stereocenters. The summed E-state index contributed by atoms with van der Waals surface area (Å²) in [7, 11) is 0. The molecule has 0 aliphatic rings. The molecule has 1 aromatic carbocycles. The molecule has 0 saturated carbocycles. The Kier molecular flexibility index (Phi) is 3.98. The summed E-state index contributed by atoms with van der Waals surface area (Å²) in [5.41, 5.74) is 3.86. The Bertz CT molecular complexity index is 1300. The van der Waals surface area contributed by atoms with Crippen LogP contribution in [-0.2, 0) is 6.61 Å². The van der Waals surface area contributed by atoms with Gasteiger partial charge in [-0.2, -0.15) is 4.98 Å². The van der Waals surface area contributed by atoms with E-state index < -0.39 is 0 Å². The molecule has 0 spiro atoms. The topological polar surface area (TPSA) is 86.8 Å². The third-order valence-corrected chi connectivity index (χ3v) is 5.41. The maximum absolute atomic E-state index is 5.89. The van der Waals surface area contributed by atoms with E-state index in [1.54, 1.807) is 0 Å². The molecule has 5 aromatic rings. The molecule has 0 amide bonds. The highest BCUT2D eigenvalue weighted by atomic mass is 32.1. The Morgan fingerprint density at radius 2 is 1.93 bits per heavy atom. The fourth-order valence-electron chi connectivity index (χ4n) is 3.14. The SMILES string of the molecule is Cc1cc(C)c2c(n1)sc1c(OCc3nc(-c4ccccc4)no3)ncnc12. The van der Waals surface area contributed by atoms with Gasteiger partial charge in [0.1, 0.15) is 15.9 Å². The van der Waals surface area contributed by atoms with Crippen molar-refractivity contribution in [2.75, 3.05) is 0 Å². The van der Waals surface area contributed by atoms with Gasteiger partial charge in [0.2, 0.25) is 11.7 Å². The highest BCUT2D eigenvalue weighted by Crippen LogP contribution is 2.37. The molecule has 4 heterocycles. The maximum atomic E-state index is 5.89. The minimum Gasteiger partial charge on any atom is -0.466 e. The van der Waals surface area contributed by atoms with Gasteiger partial charge in [-0.15, -0.1) is 11.3 Å². The van der Waals surface area contributed by atoms with Gasteiger partial charge in [-0.25, -0.2) is 15.0 Å². The monoisotopic (exact) mass is 389 g/mol. The van der Waals surface area contributed by atoms with Gasteiger partial charge in [-0.1, -0.05) is 35.5 Å². The Balaban J connectivity index is 1.46. The molecule has 0 radical (unpaired) electrons. The van der Waals surface area contributed by atoms with Gasteiger partial charge in [0.15, 0.2) is 6.61 Å². The quantitative estimate of drug-likeness (QED) is 0.448. The molecule has 0 N–H and O–H groups in total. The number of hydrogen-bond donors (Lipinski definition) is 0. The lowest BCUT2D eigenvalue weighted by molar-refractivity contribution is 0.238. The van der Waals surface area contributed by atoms with Crippen molar-refractivity contribution in [2.24, 2.45) is 0 Å². The van der Waals surface area contributed by atoms with Crippen LogP contribution in [0.2, 0.25) is 0 Å². The zero-order chi connectivity index (χ0) is 19.1. The molecular formula is C20H15N5O2S. The van der Waals surface area contributed by atoms with E-state index in [-0.39, 0.29) is 6.61 Å². The second-order valence-corrected chi connectivity index (χ2v) is 7.38. The predicted molar refractivity (Wildman–Crippen MR) is 106 cm³/mol. The summed E-state index contributed by atoms with van der Waals surface area (Å²) in [6, 6.07) is 11.7. The first-order chi connectivity index (χ1) is 13.7. The van der Waals surface area contributed by atoms with Crippen LogP contribution in [0.25, 0.3) is 31.8 Å². The Hall–Kier alpha value is -3.39. The van der Waals surface area contributed by atoms with E-state index in [1.807, 2.05) is 37.3 Å². The van der Waals surface area contributed by atoms with Gasteiger partial charge >= 0.3 is 0 Å². The highest BCUT2D eigenvalue weighted by Gasteiger charge is 2.16. The fraction of sp³-hybridized carbons (Fsp3) is 0.150. The molecule has 5 rings (SSSR count). The van der Waals surface area contributed by atoms with E-state index in [0.717, 1.165) is 37.3 Å². The molecule has 7 nitrogen and oxygen atoms in total. The lowest BCUT2D eigenvalue weighted by Gasteiger charge is -2.02. The molecule has 4 aromatic heterocycles. The number of rotatable bonds is 4. The second-order valence-electron chi connectivity index (χ2n) is 6.39. The minimum atomic E-state index is 0.131. The predicted octanol–water partition coefficient (Wildman–Crippen LogP) is 4.49. The lowest BCUT2D eigenvalue weighted by atomic mass is 10.1. The van der Waals surface area contributed by atoms with Crippen molar-refractivity contribution in [3.63, 3.8) is 0 Å². The van der Waals surface area contributed by atoms with Gasteiger partial charge in [-0.3, -0.25) is 0 Å². The van der Waals surface area contributed by atoms with Crippen LogP contribution < -0.4 is 4.74 Å². The van der Waals surface area contributed by atoms with E-state index in [1.165, 1.54) is 17.7 Å². The van der Waals surface area contributed by atoms with Crippen molar-refractivity contribution in [1.29, 1.82) is 0 Å². The van der Waals surface area contributed by atoms with Crippen molar-refractivity contribution in [3.8, 4) is 17.3 Å². The average Bonchev–Trinajstić information content (AvgIpc) is 3.31. The summed E-state index contributed by atoms with van der Waals surface area (Å²) in [6.07, 6.45) is 1.51. The third-order valence-electron chi connectivity index (χ3n) is 4.35. The number of fused-ring (bicyclic) bond motifs is 3. The van der Waals surface area contributed by atoms with Crippen molar-refractivity contribution in [2.45, 2.75) is 20.5 Å². The first-order valence-electron chi connectivity index (χ1n) is 8.71. The number of hydrogen-bond acceptors (Lipinski definition) is 8. The number of thiophene rings is 1. The molecule has 138 valence electrons. The van der Waals surface area contributed by atoms with E-state index in [9.17, 15) is 0 Å². The average molecular weight is 389 g/mol. The van der Waals surface area contributed by atoms with Crippen LogP contribution in [-0.4, -0.2) is 25.1 Å². The second kappa shape index (κ2) is 6.65. The van der Waals surface area contributed by atoms with Gasteiger partial charge in [0.25, 0.3) is 5.89 Å². The Morgan fingerprint density at radius 3 is 2.79 bits per heavy atom. The molecule has 0 fully saturated rings. The number of aryl methyl sites for hydroxylation is 2. The zero-order valence-corrected chi connectivity index (χ0v) is 16.0. The van der Waals surface area contributed by atoms with E-state index in [0.29, 0.717) is 17.6 Å². The van der Waals surface area contributed by atoms with Crippen molar-refractivity contribution < 1.29 is 9.26 Å². The molecule has 0 aliphatic carbocycles. The van der Waals surface area contributed by atoms with E-state index in [4.69, 9.17) is 9.26 Å². The Morgan fingerprint density at radius 1 is 1.07 bits per heavy atom. The summed E-state index contributed by atoms with van der Waals surface area (Å²) in [5.74, 6) is 1.41. The summed E-state index contributed by atoms with van der Waals surface area (Å²) >= 11 is 1.53. The number of nitrogens with zero attached hydrogens (tertiary/aromatic N) is 5. The highest BCUT2D eigenvalue weighted by molar-refractivity contribution is 7.25. The molecule has 0 bridgehead atoms. The molecule has 28 heavy (non-hydrogen) atoms. The van der Waals surface area contributed by atoms with Crippen LogP contribution in [0.4, 0.5) is 0 Å². The van der Waals surface area contributed by atoms with Crippen LogP contribution in [0.5, 0.6) is 5.88 Å². The third kappa shape index (κ3) is 2.87. The largest absolute Gasteiger partial charge is 0.466 e. The lowest BCUT2D eigenvalue weighted by Crippen LogP contribution is -1.98. The van der Waals surface area contributed by atoms with Crippen LogP contribution in [0, 0.1) is 13.8 Å². The summed E-state index contributed by atoms with van der Waals surface area (Å²) in [5, 5.41) is 5.05. The van der Waals surface area contributed by atoms with Gasteiger partial charge in [-0.05, 0) is 25.5 Å². The summed E-state index contributed by atoms with van der Waals surface area (Å²) < 4.78 is 12.1.